The summed E-state index contributed by atoms with van der Waals surface area (Å²) >= 11 is 0. The molecule has 0 spiro atoms. The zero-order valence-corrected chi connectivity index (χ0v) is 20.6. The third-order valence-electron chi connectivity index (χ3n) is 5.81. The Bertz CT molecular complexity index is 1150. The summed E-state index contributed by atoms with van der Waals surface area (Å²) in [6.07, 6.45) is 5.06. The van der Waals surface area contributed by atoms with Gasteiger partial charge in [-0.05, 0) is 61.1 Å². The molecule has 186 valence electrons. The number of hydrogen-bond acceptors (Lipinski definition) is 6. The molecule has 3 aromatic rings. The first-order valence-electron chi connectivity index (χ1n) is 12.2. The SMILES string of the molecule is CCCCc1ccccc1C(=O)OC(=O)c1ccccc1C(=O)OC(=O)c1ccccc1CCCC. The second-order valence-electron chi connectivity index (χ2n) is 8.42. The molecule has 6 nitrogen and oxygen atoms in total. The van der Waals surface area contributed by atoms with E-state index in [2.05, 4.69) is 13.8 Å². The van der Waals surface area contributed by atoms with Crippen LogP contribution in [0.25, 0.3) is 0 Å². The van der Waals surface area contributed by atoms with E-state index in [1.807, 2.05) is 24.3 Å². The normalized spacial score (nSPS) is 10.5. The summed E-state index contributed by atoms with van der Waals surface area (Å²) in [5, 5.41) is 0. The second-order valence-corrected chi connectivity index (χ2v) is 8.42. The smallest absolute Gasteiger partial charge is 0.346 e. The number of unbranched alkanes of at least 4 members (excludes halogenated alkanes) is 2. The standard InChI is InChI=1S/C30H30O6/c1-3-5-13-21-15-7-9-17-23(21)27(31)35-29(33)25-19-11-12-20-26(25)30(34)36-28(32)24-18-10-8-16-22(24)14-6-4-2/h7-12,15-20H,3-6,13-14H2,1-2H3. The summed E-state index contributed by atoms with van der Waals surface area (Å²) < 4.78 is 10.2. The van der Waals surface area contributed by atoms with Gasteiger partial charge in [-0.3, -0.25) is 0 Å². The fourth-order valence-corrected chi connectivity index (χ4v) is 3.84. The Morgan fingerprint density at radius 1 is 0.500 bits per heavy atom. The molecule has 0 saturated heterocycles. The third kappa shape index (κ3) is 6.75. The van der Waals surface area contributed by atoms with Crippen molar-refractivity contribution in [1.29, 1.82) is 0 Å². The number of benzene rings is 3. The van der Waals surface area contributed by atoms with Crippen molar-refractivity contribution in [2.45, 2.75) is 52.4 Å². The molecule has 0 aliphatic heterocycles. The van der Waals surface area contributed by atoms with Crippen LogP contribution in [0.1, 0.15) is 92.1 Å². The van der Waals surface area contributed by atoms with E-state index >= 15 is 0 Å². The molecule has 0 aliphatic carbocycles. The predicted octanol–water partition coefficient (Wildman–Crippen LogP) is 6.37. The minimum atomic E-state index is -0.992. The highest BCUT2D eigenvalue weighted by Gasteiger charge is 2.25. The Morgan fingerprint density at radius 3 is 1.17 bits per heavy atom. The first-order chi connectivity index (χ1) is 17.5. The van der Waals surface area contributed by atoms with Gasteiger partial charge in [0, 0.05) is 0 Å². The molecule has 0 radical (unpaired) electrons. The molecule has 36 heavy (non-hydrogen) atoms. The van der Waals surface area contributed by atoms with E-state index in [0.29, 0.717) is 24.0 Å². The van der Waals surface area contributed by atoms with Crippen molar-refractivity contribution in [2.75, 3.05) is 0 Å². The zero-order valence-electron chi connectivity index (χ0n) is 20.6. The molecule has 3 rings (SSSR count). The van der Waals surface area contributed by atoms with Gasteiger partial charge in [-0.1, -0.05) is 75.2 Å². The molecule has 0 atom stereocenters. The molecule has 0 amide bonds. The maximum absolute atomic E-state index is 12.9. The molecule has 3 aromatic carbocycles. The molecule has 0 aliphatic rings. The third-order valence-corrected chi connectivity index (χ3v) is 5.81. The summed E-state index contributed by atoms with van der Waals surface area (Å²) in [6, 6.07) is 19.7. The van der Waals surface area contributed by atoms with Crippen LogP contribution in [-0.2, 0) is 22.3 Å². The maximum Gasteiger partial charge on any atom is 0.346 e. The summed E-state index contributed by atoms with van der Waals surface area (Å²) in [4.78, 5) is 51.3. The summed E-state index contributed by atoms with van der Waals surface area (Å²) in [6.45, 7) is 4.10. The van der Waals surface area contributed by atoms with Gasteiger partial charge in [-0.2, -0.15) is 0 Å². The summed E-state index contributed by atoms with van der Waals surface area (Å²) in [7, 11) is 0. The minimum absolute atomic E-state index is 0.158. The van der Waals surface area contributed by atoms with Crippen molar-refractivity contribution in [3.8, 4) is 0 Å². The summed E-state index contributed by atoms with van der Waals surface area (Å²) in [5.41, 5.74) is 1.87. The van der Waals surface area contributed by atoms with Crippen molar-refractivity contribution in [2.24, 2.45) is 0 Å². The first-order valence-corrected chi connectivity index (χ1v) is 12.2. The van der Waals surface area contributed by atoms with Gasteiger partial charge in [0.1, 0.15) is 0 Å². The van der Waals surface area contributed by atoms with Gasteiger partial charge in [-0.15, -0.1) is 0 Å². The number of ether oxygens (including phenoxy) is 2. The van der Waals surface area contributed by atoms with Crippen molar-refractivity contribution in [3.63, 3.8) is 0 Å². The van der Waals surface area contributed by atoms with E-state index in [-0.39, 0.29) is 11.1 Å². The monoisotopic (exact) mass is 486 g/mol. The first kappa shape index (κ1) is 26.5. The van der Waals surface area contributed by atoms with Crippen LogP contribution in [0.15, 0.2) is 72.8 Å². The molecule has 0 unspecified atom stereocenters. The van der Waals surface area contributed by atoms with Crippen LogP contribution >= 0.6 is 0 Å². The number of rotatable bonds is 10. The van der Waals surface area contributed by atoms with Gasteiger partial charge in [0.05, 0.1) is 22.3 Å². The molecule has 0 fully saturated rings. The lowest BCUT2D eigenvalue weighted by Crippen LogP contribution is -2.20. The van der Waals surface area contributed by atoms with Crippen LogP contribution in [0.3, 0.4) is 0 Å². The fourth-order valence-electron chi connectivity index (χ4n) is 3.84. The number of aryl methyl sites for hydroxylation is 2. The lowest BCUT2D eigenvalue weighted by atomic mass is 10.0. The van der Waals surface area contributed by atoms with Crippen molar-refractivity contribution in [1.82, 2.24) is 0 Å². The van der Waals surface area contributed by atoms with E-state index in [0.717, 1.165) is 36.8 Å². The Hall–Kier alpha value is -4.06. The molecule has 6 heteroatoms. The second kappa shape index (κ2) is 13.1. The highest BCUT2D eigenvalue weighted by molar-refractivity contribution is 6.11. The van der Waals surface area contributed by atoms with Crippen LogP contribution in [0.2, 0.25) is 0 Å². The van der Waals surface area contributed by atoms with Gasteiger partial charge < -0.3 is 9.47 Å². The molecular formula is C30H30O6. The van der Waals surface area contributed by atoms with Gasteiger partial charge in [0.2, 0.25) is 0 Å². The Kier molecular flexibility index (Phi) is 9.69. The summed E-state index contributed by atoms with van der Waals surface area (Å²) in [5.74, 6) is -3.58. The van der Waals surface area contributed by atoms with E-state index in [1.165, 1.54) is 24.3 Å². The minimum Gasteiger partial charge on any atom is -0.386 e. The number of carbonyl (C=O) groups is 4. The maximum atomic E-state index is 12.9. The van der Waals surface area contributed by atoms with E-state index in [1.54, 1.807) is 24.3 Å². The highest BCUT2D eigenvalue weighted by Crippen LogP contribution is 2.19. The van der Waals surface area contributed by atoms with Crippen molar-refractivity contribution < 1.29 is 28.7 Å². The van der Waals surface area contributed by atoms with Crippen LogP contribution in [-0.4, -0.2) is 23.9 Å². The quantitative estimate of drug-likeness (QED) is 0.245. The van der Waals surface area contributed by atoms with Gasteiger partial charge in [-0.25, -0.2) is 19.2 Å². The van der Waals surface area contributed by atoms with E-state index in [9.17, 15) is 19.2 Å². The Morgan fingerprint density at radius 2 is 0.806 bits per heavy atom. The molecule has 0 N–H and O–H groups in total. The molecule has 0 heterocycles. The Balaban J connectivity index is 1.77. The largest absolute Gasteiger partial charge is 0.386 e. The molecule has 0 bridgehead atoms. The lowest BCUT2D eigenvalue weighted by Gasteiger charge is -2.11. The Labute approximate surface area is 211 Å². The van der Waals surface area contributed by atoms with Crippen LogP contribution in [0.4, 0.5) is 0 Å². The number of carbonyl (C=O) groups excluding carboxylic acids is 4. The number of esters is 4. The predicted molar refractivity (Wildman–Crippen MR) is 136 cm³/mol. The average molecular weight is 487 g/mol. The zero-order chi connectivity index (χ0) is 25.9. The lowest BCUT2D eigenvalue weighted by molar-refractivity contribution is 0.0355. The highest BCUT2D eigenvalue weighted by atomic mass is 16.6. The van der Waals surface area contributed by atoms with Gasteiger partial charge in [0.25, 0.3) is 0 Å². The number of hydrogen-bond donors (Lipinski definition) is 0. The van der Waals surface area contributed by atoms with Gasteiger partial charge in [0.15, 0.2) is 0 Å². The fraction of sp³-hybridized carbons (Fsp3) is 0.267. The van der Waals surface area contributed by atoms with Crippen molar-refractivity contribution in [3.05, 3.63) is 106 Å². The van der Waals surface area contributed by atoms with E-state index in [4.69, 9.17) is 9.47 Å². The molecule has 0 aromatic heterocycles. The van der Waals surface area contributed by atoms with Crippen LogP contribution in [0.5, 0.6) is 0 Å². The van der Waals surface area contributed by atoms with Crippen LogP contribution in [0, 0.1) is 0 Å². The molecule has 0 saturated carbocycles. The molecular weight excluding hydrogens is 456 g/mol. The van der Waals surface area contributed by atoms with Crippen LogP contribution < -0.4 is 0 Å². The topological polar surface area (TPSA) is 86.7 Å². The van der Waals surface area contributed by atoms with Crippen molar-refractivity contribution >= 4 is 23.9 Å². The average Bonchev–Trinajstić information content (AvgIpc) is 2.90. The van der Waals surface area contributed by atoms with Gasteiger partial charge >= 0.3 is 23.9 Å². The van der Waals surface area contributed by atoms with E-state index < -0.39 is 23.9 Å².